The maximum absolute atomic E-state index is 12.3. The minimum Gasteiger partial charge on any atom is -0.497 e. The summed E-state index contributed by atoms with van der Waals surface area (Å²) < 4.78 is 10.6. The lowest BCUT2D eigenvalue weighted by atomic mass is 9.85. The number of allylic oxidation sites excluding steroid dienone is 11. The summed E-state index contributed by atoms with van der Waals surface area (Å²) in [6.45, 7) is 18.4. The van der Waals surface area contributed by atoms with Crippen molar-refractivity contribution in [3.8, 4) is 0 Å². The second-order valence-electron chi connectivity index (χ2n) is 8.82. The Morgan fingerprint density at radius 2 is 1.87 bits per heavy atom. The Morgan fingerprint density at radius 1 is 1.13 bits per heavy atom. The average molecular weight is 514 g/mol. The van der Waals surface area contributed by atoms with Gasteiger partial charge < -0.3 is 14.5 Å². The van der Waals surface area contributed by atoms with Gasteiger partial charge in [0.1, 0.15) is 11.5 Å². The monoisotopic (exact) mass is 513 g/mol. The zero-order chi connectivity index (χ0) is 28.1. The number of esters is 1. The molecule has 0 aliphatic heterocycles. The molecule has 0 saturated heterocycles. The predicted molar refractivity (Wildman–Crippen MR) is 162 cm³/mol. The largest absolute Gasteiger partial charge is 0.497 e. The van der Waals surface area contributed by atoms with Gasteiger partial charge in [0.05, 0.1) is 13.7 Å². The highest BCUT2D eigenvalue weighted by atomic mass is 16.5. The van der Waals surface area contributed by atoms with E-state index in [2.05, 4.69) is 55.4 Å². The normalized spacial score (nSPS) is 15.8. The maximum Gasteiger partial charge on any atom is 0.354 e. The number of aromatic amines is 1. The van der Waals surface area contributed by atoms with E-state index in [0.29, 0.717) is 12.3 Å². The number of carbonyl (C=O) groups is 1. The minimum absolute atomic E-state index is 0.341. The van der Waals surface area contributed by atoms with Gasteiger partial charge in [0, 0.05) is 10.9 Å². The maximum atomic E-state index is 12.3. The first kappa shape index (κ1) is 30.4. The summed E-state index contributed by atoms with van der Waals surface area (Å²) in [5, 5.41) is 0.972. The predicted octanol–water partition coefficient (Wildman–Crippen LogP) is 9.42. The molecule has 1 aliphatic carbocycles. The topological polar surface area (TPSA) is 51.3 Å². The molecular formula is C34H43NO3. The number of hydrogen-bond donors (Lipinski definition) is 1. The first-order valence-electron chi connectivity index (χ1n) is 13.5. The Labute approximate surface area is 228 Å². The van der Waals surface area contributed by atoms with Crippen LogP contribution >= 0.6 is 0 Å². The minimum atomic E-state index is -0.342. The van der Waals surface area contributed by atoms with E-state index in [1.54, 1.807) is 13.2 Å². The van der Waals surface area contributed by atoms with Gasteiger partial charge in [0.2, 0.25) is 0 Å². The highest BCUT2D eigenvalue weighted by molar-refractivity contribution is 5.97. The summed E-state index contributed by atoms with van der Waals surface area (Å²) in [5.41, 5.74) is 8.42. The third kappa shape index (κ3) is 7.61. The molecular weight excluding hydrogens is 470 g/mol. The van der Waals surface area contributed by atoms with E-state index >= 15 is 0 Å². The van der Waals surface area contributed by atoms with Gasteiger partial charge in [0.25, 0.3) is 0 Å². The summed E-state index contributed by atoms with van der Waals surface area (Å²) in [5.74, 6) is 0.378. The fourth-order valence-electron chi connectivity index (χ4n) is 4.56. The fourth-order valence-corrected chi connectivity index (χ4v) is 4.56. The number of fused-ring (bicyclic) bond motifs is 1. The van der Waals surface area contributed by atoms with Crippen LogP contribution < -0.4 is 0 Å². The first-order valence-corrected chi connectivity index (χ1v) is 13.5. The van der Waals surface area contributed by atoms with Gasteiger partial charge in [-0.15, -0.1) is 0 Å². The van der Waals surface area contributed by atoms with Gasteiger partial charge in [-0.2, -0.15) is 0 Å². The van der Waals surface area contributed by atoms with Gasteiger partial charge in [-0.25, -0.2) is 4.79 Å². The molecule has 0 bridgehead atoms. The Bertz CT molecular complexity index is 1290. The summed E-state index contributed by atoms with van der Waals surface area (Å²) in [6.07, 6.45) is 16.2. The second-order valence-corrected chi connectivity index (χ2v) is 8.82. The van der Waals surface area contributed by atoms with Crippen LogP contribution in [0.2, 0.25) is 0 Å². The Kier molecular flexibility index (Phi) is 12.4. The third-order valence-corrected chi connectivity index (χ3v) is 6.28. The summed E-state index contributed by atoms with van der Waals surface area (Å²) >= 11 is 0. The van der Waals surface area contributed by atoms with Crippen LogP contribution in [0.25, 0.3) is 16.5 Å². The molecule has 3 rings (SSSR count). The number of rotatable bonds is 9. The van der Waals surface area contributed by atoms with Gasteiger partial charge in [-0.05, 0) is 105 Å². The molecule has 1 aromatic heterocycles. The standard InChI is InChI=1S/C32H37NO3.C2H6/c1-7-10-14-27(22(4)5)28-15-12-11-13-23(16-18-26(8-2)35-6)31(28)24-17-19-29-25(20-24)21-30(33-29)32(34)36-9-3;1-2/h7-8,10,14,16-21,33H,2,4,9,11-13,15H2,1,3,5-6H3;1-2H3/b10-7-,23-16+,26-18+,27-14+;. The molecule has 0 amide bonds. The van der Waals surface area contributed by atoms with Crippen LogP contribution in [-0.2, 0) is 9.47 Å². The van der Waals surface area contributed by atoms with Crippen molar-refractivity contribution in [2.75, 3.05) is 13.7 Å². The molecule has 0 spiro atoms. The van der Waals surface area contributed by atoms with E-state index in [4.69, 9.17) is 9.47 Å². The number of benzene rings is 1. The molecule has 4 heteroatoms. The number of H-pyrrole nitrogens is 1. The molecule has 38 heavy (non-hydrogen) atoms. The van der Waals surface area contributed by atoms with Gasteiger partial charge in [-0.1, -0.05) is 62.9 Å². The number of nitrogens with one attached hydrogen (secondary N) is 1. The highest BCUT2D eigenvalue weighted by Crippen LogP contribution is 2.41. The van der Waals surface area contributed by atoms with Crippen molar-refractivity contribution in [1.82, 2.24) is 4.98 Å². The lowest BCUT2D eigenvalue weighted by Gasteiger charge is -2.19. The van der Waals surface area contributed by atoms with E-state index in [0.717, 1.165) is 59.1 Å². The zero-order valence-electron chi connectivity index (χ0n) is 23.9. The molecule has 4 nitrogen and oxygen atoms in total. The number of hydrogen-bond acceptors (Lipinski definition) is 3. The molecule has 202 valence electrons. The van der Waals surface area contributed by atoms with E-state index in [1.807, 2.05) is 52.0 Å². The van der Waals surface area contributed by atoms with Crippen molar-refractivity contribution in [3.63, 3.8) is 0 Å². The van der Waals surface area contributed by atoms with Gasteiger partial charge >= 0.3 is 5.97 Å². The van der Waals surface area contributed by atoms with Crippen molar-refractivity contribution in [1.29, 1.82) is 0 Å². The average Bonchev–Trinajstić information content (AvgIpc) is 3.25. The molecule has 1 aromatic carbocycles. The number of methoxy groups -OCH3 is 1. The Morgan fingerprint density at radius 3 is 2.50 bits per heavy atom. The fraction of sp³-hybridized carbons (Fsp3) is 0.324. The van der Waals surface area contributed by atoms with E-state index in [9.17, 15) is 4.79 Å². The van der Waals surface area contributed by atoms with E-state index in [1.165, 1.54) is 16.7 Å². The molecule has 0 unspecified atom stereocenters. The van der Waals surface area contributed by atoms with Crippen LogP contribution in [0.4, 0.5) is 0 Å². The molecule has 1 N–H and O–H groups in total. The van der Waals surface area contributed by atoms with Crippen LogP contribution in [0.5, 0.6) is 0 Å². The smallest absolute Gasteiger partial charge is 0.354 e. The van der Waals surface area contributed by atoms with Crippen LogP contribution in [0.1, 0.15) is 76.4 Å². The summed E-state index contributed by atoms with van der Waals surface area (Å²) in [4.78, 5) is 15.5. The molecule has 0 atom stereocenters. The lowest BCUT2D eigenvalue weighted by molar-refractivity contribution is 0.0520. The van der Waals surface area contributed by atoms with Crippen molar-refractivity contribution in [3.05, 3.63) is 113 Å². The highest BCUT2D eigenvalue weighted by Gasteiger charge is 2.21. The molecule has 2 aromatic rings. The van der Waals surface area contributed by atoms with E-state index in [-0.39, 0.29) is 5.97 Å². The zero-order valence-corrected chi connectivity index (χ0v) is 23.9. The van der Waals surface area contributed by atoms with Crippen LogP contribution in [0, 0.1) is 0 Å². The summed E-state index contributed by atoms with van der Waals surface area (Å²) in [6, 6.07) is 8.19. The van der Waals surface area contributed by atoms with Crippen LogP contribution in [0.3, 0.4) is 0 Å². The van der Waals surface area contributed by atoms with Crippen LogP contribution in [0.15, 0.2) is 102 Å². The van der Waals surface area contributed by atoms with Crippen LogP contribution in [-0.4, -0.2) is 24.7 Å². The van der Waals surface area contributed by atoms with Gasteiger partial charge in [0.15, 0.2) is 0 Å². The molecule has 0 radical (unpaired) electrons. The van der Waals surface area contributed by atoms with Crippen molar-refractivity contribution >= 4 is 22.4 Å². The van der Waals surface area contributed by atoms with Crippen molar-refractivity contribution in [2.45, 2.75) is 60.3 Å². The number of carbonyl (C=O) groups excluding carboxylic acids is 1. The Balaban J connectivity index is 0.00000247. The molecule has 0 fully saturated rings. The molecule has 1 heterocycles. The summed E-state index contributed by atoms with van der Waals surface area (Å²) in [7, 11) is 1.65. The van der Waals surface area contributed by atoms with E-state index < -0.39 is 0 Å². The Hall–Kier alpha value is -3.79. The molecule has 1 aliphatic rings. The number of ether oxygens (including phenoxy) is 2. The SMILES string of the molecule is C=C/C(=C\C=C1/CCCCC(C(=C/C=C\C)/C(=C)C)=C1c1ccc2[nH]c(C(=O)OCC)cc2c1)OC.CC. The third-order valence-electron chi connectivity index (χ3n) is 6.28. The lowest BCUT2D eigenvalue weighted by Crippen LogP contribution is -2.04. The van der Waals surface area contributed by atoms with Crippen molar-refractivity contribution in [2.24, 2.45) is 0 Å². The number of aromatic nitrogens is 1. The second kappa shape index (κ2) is 15.5. The van der Waals surface area contributed by atoms with Crippen molar-refractivity contribution < 1.29 is 14.3 Å². The quantitative estimate of drug-likeness (QED) is 0.206. The first-order chi connectivity index (χ1) is 18.4. The van der Waals surface area contributed by atoms with Gasteiger partial charge in [-0.3, -0.25) is 0 Å². The molecule has 0 saturated carbocycles.